The van der Waals surface area contributed by atoms with Crippen LogP contribution in [-0.2, 0) is 4.74 Å². The van der Waals surface area contributed by atoms with Crippen LogP contribution in [-0.4, -0.2) is 40.2 Å². The summed E-state index contributed by atoms with van der Waals surface area (Å²) in [6, 6.07) is 15.4. The maximum absolute atomic E-state index is 13.8. The molecule has 1 aliphatic heterocycles. The first kappa shape index (κ1) is 17.4. The molecule has 1 fully saturated rings. The number of halogens is 1. The van der Waals surface area contributed by atoms with Crippen molar-refractivity contribution in [3.63, 3.8) is 0 Å². The molecule has 0 radical (unpaired) electrons. The van der Waals surface area contributed by atoms with Crippen LogP contribution in [0.5, 0.6) is 0 Å². The maximum Gasteiger partial charge on any atom is 0.280 e. The smallest absolute Gasteiger partial charge is 0.280 e. The molecule has 0 unspecified atom stereocenters. The van der Waals surface area contributed by atoms with Gasteiger partial charge >= 0.3 is 0 Å². The van der Waals surface area contributed by atoms with E-state index in [2.05, 4.69) is 10.3 Å². The van der Waals surface area contributed by atoms with Gasteiger partial charge in [-0.25, -0.2) is 9.07 Å². The van der Waals surface area contributed by atoms with Crippen molar-refractivity contribution in [3.8, 4) is 5.69 Å². The molecule has 0 aliphatic carbocycles. The number of carbonyl (C=O) groups excluding carboxylic acids is 1. The van der Waals surface area contributed by atoms with Crippen LogP contribution in [0, 0.1) is 5.82 Å². The summed E-state index contributed by atoms with van der Waals surface area (Å²) in [4.78, 5) is 14.9. The van der Waals surface area contributed by atoms with E-state index >= 15 is 0 Å². The number of anilines is 1. The summed E-state index contributed by atoms with van der Waals surface area (Å²) in [5.41, 5.74) is 1.54. The minimum atomic E-state index is -0.384. The number of nitrogens with zero attached hydrogens (tertiary/aromatic N) is 4. The normalized spacial score (nSPS) is 14.9. The second-order valence-corrected chi connectivity index (χ2v) is 6.38. The lowest BCUT2D eigenvalue weighted by molar-refractivity contribution is 0.0770. The number of para-hydroxylation sites is 1. The molecule has 0 N–H and O–H groups in total. The fourth-order valence-corrected chi connectivity index (χ4v) is 3.26. The van der Waals surface area contributed by atoms with Crippen LogP contribution in [0.25, 0.3) is 5.69 Å². The summed E-state index contributed by atoms with van der Waals surface area (Å²) in [6.45, 7) is 1.14. The van der Waals surface area contributed by atoms with Gasteiger partial charge in [0.25, 0.3) is 5.91 Å². The van der Waals surface area contributed by atoms with Crippen LogP contribution < -0.4 is 4.90 Å². The zero-order chi connectivity index (χ0) is 18.6. The van der Waals surface area contributed by atoms with Crippen LogP contribution in [0.4, 0.5) is 10.1 Å². The number of aromatic nitrogens is 3. The Balaban J connectivity index is 1.67. The van der Waals surface area contributed by atoms with Gasteiger partial charge < -0.3 is 9.64 Å². The van der Waals surface area contributed by atoms with Crippen molar-refractivity contribution in [2.75, 3.05) is 18.1 Å². The van der Waals surface area contributed by atoms with E-state index in [-0.39, 0.29) is 23.5 Å². The first-order chi connectivity index (χ1) is 13.2. The van der Waals surface area contributed by atoms with Gasteiger partial charge in [0.2, 0.25) is 0 Å². The molecule has 27 heavy (non-hydrogen) atoms. The molecule has 1 amide bonds. The molecule has 2 heterocycles. The van der Waals surface area contributed by atoms with Gasteiger partial charge in [-0.15, -0.1) is 5.10 Å². The Kier molecular flexibility index (Phi) is 4.93. The van der Waals surface area contributed by atoms with E-state index in [9.17, 15) is 9.18 Å². The molecular weight excluding hydrogens is 347 g/mol. The van der Waals surface area contributed by atoms with Crippen molar-refractivity contribution < 1.29 is 13.9 Å². The van der Waals surface area contributed by atoms with Crippen LogP contribution in [0.1, 0.15) is 23.3 Å². The Hall–Kier alpha value is -3.06. The molecule has 6 nitrogen and oxygen atoms in total. The fraction of sp³-hybridized carbons (Fsp3) is 0.250. The van der Waals surface area contributed by atoms with Gasteiger partial charge in [0.1, 0.15) is 5.82 Å². The standard InChI is InChI=1S/C20H19FN4O2/c21-15-5-4-8-18(13-15)25(17-9-11-27-12-10-17)20(26)19-14-24(23-22-19)16-6-2-1-3-7-16/h1-8,13-14,17H,9-12H2. The summed E-state index contributed by atoms with van der Waals surface area (Å²) in [5, 5.41) is 8.12. The summed E-state index contributed by atoms with van der Waals surface area (Å²) >= 11 is 0. The van der Waals surface area contributed by atoms with Crippen LogP contribution >= 0.6 is 0 Å². The van der Waals surface area contributed by atoms with E-state index < -0.39 is 0 Å². The summed E-state index contributed by atoms with van der Waals surface area (Å²) in [6.07, 6.45) is 2.98. The Morgan fingerprint density at radius 3 is 2.63 bits per heavy atom. The second-order valence-electron chi connectivity index (χ2n) is 6.38. The van der Waals surface area contributed by atoms with Crippen LogP contribution in [0.15, 0.2) is 60.8 Å². The number of hydrogen-bond donors (Lipinski definition) is 0. The Labute approximate surface area is 156 Å². The van der Waals surface area contributed by atoms with E-state index in [0.717, 1.165) is 5.69 Å². The summed E-state index contributed by atoms with van der Waals surface area (Å²) in [5.74, 6) is -0.681. The first-order valence-corrected chi connectivity index (χ1v) is 8.87. The minimum Gasteiger partial charge on any atom is -0.381 e. The predicted octanol–water partition coefficient (Wildman–Crippen LogP) is 3.23. The van der Waals surface area contributed by atoms with Crippen molar-refractivity contribution in [2.45, 2.75) is 18.9 Å². The molecule has 138 valence electrons. The number of rotatable bonds is 4. The number of benzene rings is 2. The summed E-state index contributed by atoms with van der Waals surface area (Å²) < 4.78 is 20.8. The van der Waals surface area contributed by atoms with Gasteiger partial charge in [-0.05, 0) is 43.2 Å². The van der Waals surface area contributed by atoms with Gasteiger partial charge in [-0.3, -0.25) is 4.79 Å². The molecule has 3 aromatic rings. The topological polar surface area (TPSA) is 60.2 Å². The molecule has 0 spiro atoms. The highest BCUT2D eigenvalue weighted by Gasteiger charge is 2.30. The first-order valence-electron chi connectivity index (χ1n) is 8.87. The maximum atomic E-state index is 13.8. The predicted molar refractivity (Wildman–Crippen MR) is 98.4 cm³/mol. The second kappa shape index (κ2) is 7.67. The molecule has 7 heteroatoms. The van der Waals surface area contributed by atoms with Crippen molar-refractivity contribution >= 4 is 11.6 Å². The molecule has 0 saturated carbocycles. The van der Waals surface area contributed by atoms with Gasteiger partial charge in [0.15, 0.2) is 5.69 Å². The Morgan fingerprint density at radius 1 is 1.11 bits per heavy atom. The number of ether oxygens (including phenoxy) is 1. The molecule has 2 aromatic carbocycles. The quantitative estimate of drug-likeness (QED) is 0.711. The van der Waals surface area contributed by atoms with E-state index in [1.54, 1.807) is 27.9 Å². The zero-order valence-corrected chi connectivity index (χ0v) is 14.7. The van der Waals surface area contributed by atoms with Gasteiger partial charge in [0.05, 0.1) is 11.9 Å². The molecule has 1 saturated heterocycles. The van der Waals surface area contributed by atoms with Crippen molar-refractivity contribution in [1.82, 2.24) is 15.0 Å². The Morgan fingerprint density at radius 2 is 1.89 bits per heavy atom. The molecule has 0 bridgehead atoms. The lowest BCUT2D eigenvalue weighted by atomic mass is 10.1. The van der Waals surface area contributed by atoms with Gasteiger partial charge in [-0.2, -0.15) is 0 Å². The van der Waals surface area contributed by atoms with Crippen molar-refractivity contribution in [1.29, 1.82) is 0 Å². The van der Waals surface area contributed by atoms with Gasteiger partial charge in [-0.1, -0.05) is 29.5 Å². The lowest BCUT2D eigenvalue weighted by Gasteiger charge is -2.33. The summed E-state index contributed by atoms with van der Waals surface area (Å²) in [7, 11) is 0. The third-order valence-electron chi connectivity index (χ3n) is 4.59. The highest BCUT2D eigenvalue weighted by atomic mass is 19.1. The SMILES string of the molecule is O=C(c1cn(-c2ccccc2)nn1)N(c1cccc(F)c1)C1CCOCC1. The molecule has 0 atom stereocenters. The van der Waals surface area contributed by atoms with E-state index in [1.165, 1.54) is 12.1 Å². The van der Waals surface area contributed by atoms with E-state index in [0.29, 0.717) is 31.7 Å². The highest BCUT2D eigenvalue weighted by molar-refractivity contribution is 6.05. The van der Waals surface area contributed by atoms with Crippen LogP contribution in [0.2, 0.25) is 0 Å². The minimum absolute atomic E-state index is 0.0741. The van der Waals surface area contributed by atoms with E-state index in [1.807, 2.05) is 30.3 Å². The number of carbonyl (C=O) groups is 1. The largest absolute Gasteiger partial charge is 0.381 e. The zero-order valence-electron chi connectivity index (χ0n) is 14.7. The average Bonchev–Trinajstić information content (AvgIpc) is 3.20. The molecular formula is C20H19FN4O2. The fourth-order valence-electron chi connectivity index (χ4n) is 3.26. The third-order valence-corrected chi connectivity index (χ3v) is 4.59. The van der Waals surface area contributed by atoms with E-state index in [4.69, 9.17) is 4.74 Å². The van der Waals surface area contributed by atoms with Crippen LogP contribution in [0.3, 0.4) is 0 Å². The lowest BCUT2D eigenvalue weighted by Crippen LogP contribution is -2.44. The van der Waals surface area contributed by atoms with Crippen molar-refractivity contribution in [3.05, 3.63) is 72.3 Å². The average molecular weight is 366 g/mol. The Bertz CT molecular complexity index is 922. The number of amides is 1. The monoisotopic (exact) mass is 366 g/mol. The van der Waals surface area contributed by atoms with Crippen molar-refractivity contribution in [2.24, 2.45) is 0 Å². The number of hydrogen-bond acceptors (Lipinski definition) is 4. The molecule has 1 aromatic heterocycles. The highest BCUT2D eigenvalue weighted by Crippen LogP contribution is 2.25. The third kappa shape index (κ3) is 3.73. The van der Waals surface area contributed by atoms with Gasteiger partial charge in [0, 0.05) is 24.9 Å². The molecule has 4 rings (SSSR count). The molecule has 1 aliphatic rings.